The molecule has 4 heteroatoms. The molecule has 0 fully saturated rings. The first-order valence-electron chi connectivity index (χ1n) is 6.83. The minimum absolute atomic E-state index is 0.0913. The molecule has 2 aromatic rings. The first kappa shape index (κ1) is 14.1. The van der Waals surface area contributed by atoms with Crippen LogP contribution in [-0.2, 0) is 6.42 Å². The van der Waals surface area contributed by atoms with Crippen LogP contribution < -0.4 is 14.2 Å². The summed E-state index contributed by atoms with van der Waals surface area (Å²) in [6, 6.07) is 13.7. The van der Waals surface area contributed by atoms with Gasteiger partial charge < -0.3 is 14.2 Å². The van der Waals surface area contributed by atoms with Crippen LogP contribution in [0, 0.1) is 0 Å². The number of para-hydroxylation sites is 1. The van der Waals surface area contributed by atoms with Gasteiger partial charge in [0.2, 0.25) is 0 Å². The maximum Gasteiger partial charge on any atom is 0.127 e. The predicted octanol–water partition coefficient (Wildman–Crippen LogP) is 3.99. The molecule has 2 unspecified atom stereocenters. The van der Waals surface area contributed by atoms with E-state index in [-0.39, 0.29) is 11.5 Å². The number of hydrogen-bond donors (Lipinski definition) is 0. The average Bonchev–Trinajstić information content (AvgIpc) is 2.97. The van der Waals surface area contributed by atoms with E-state index < -0.39 is 0 Å². The van der Waals surface area contributed by atoms with Crippen molar-refractivity contribution in [2.45, 2.75) is 17.9 Å². The highest BCUT2D eigenvalue weighted by Crippen LogP contribution is 2.41. The van der Waals surface area contributed by atoms with Gasteiger partial charge in [0.05, 0.1) is 19.6 Å². The van der Waals surface area contributed by atoms with Crippen molar-refractivity contribution >= 4 is 11.6 Å². The molecular weight excluding hydrogens is 288 g/mol. The molecule has 0 aliphatic carbocycles. The van der Waals surface area contributed by atoms with Crippen molar-refractivity contribution in [3.63, 3.8) is 0 Å². The van der Waals surface area contributed by atoms with Crippen LogP contribution in [0.1, 0.15) is 16.5 Å². The Hall–Kier alpha value is -1.87. The fourth-order valence-corrected chi connectivity index (χ4v) is 2.94. The second-order valence-electron chi connectivity index (χ2n) is 4.98. The zero-order chi connectivity index (χ0) is 14.8. The highest BCUT2D eigenvalue weighted by Gasteiger charge is 2.31. The van der Waals surface area contributed by atoms with Gasteiger partial charge in [-0.3, -0.25) is 0 Å². The molecule has 1 aliphatic heterocycles. The number of methoxy groups -OCH3 is 2. The van der Waals surface area contributed by atoms with Crippen molar-refractivity contribution in [3.8, 4) is 17.2 Å². The smallest absolute Gasteiger partial charge is 0.127 e. The van der Waals surface area contributed by atoms with Crippen molar-refractivity contribution in [2.75, 3.05) is 14.2 Å². The van der Waals surface area contributed by atoms with E-state index in [1.807, 2.05) is 36.4 Å². The minimum atomic E-state index is -0.279. The predicted molar refractivity (Wildman–Crippen MR) is 82.7 cm³/mol. The molecule has 0 saturated carbocycles. The molecule has 0 radical (unpaired) electrons. The van der Waals surface area contributed by atoms with Crippen LogP contribution in [-0.4, -0.2) is 20.3 Å². The lowest BCUT2D eigenvalue weighted by molar-refractivity contribution is 0.225. The average molecular weight is 305 g/mol. The summed E-state index contributed by atoms with van der Waals surface area (Å²) in [4.78, 5) is 0. The lowest BCUT2D eigenvalue weighted by atomic mass is 10.0. The summed E-state index contributed by atoms with van der Waals surface area (Å²) >= 11 is 6.64. The topological polar surface area (TPSA) is 27.7 Å². The number of hydrogen-bond acceptors (Lipinski definition) is 3. The van der Waals surface area contributed by atoms with Crippen molar-refractivity contribution in [1.29, 1.82) is 0 Å². The molecule has 0 spiro atoms. The number of rotatable bonds is 4. The first-order chi connectivity index (χ1) is 10.2. The van der Waals surface area contributed by atoms with Gasteiger partial charge in [0.25, 0.3) is 0 Å². The van der Waals surface area contributed by atoms with E-state index in [1.54, 1.807) is 14.2 Å². The maximum atomic E-state index is 6.64. The van der Waals surface area contributed by atoms with Gasteiger partial charge in [-0.2, -0.15) is 0 Å². The Bertz CT molecular complexity index is 617. The van der Waals surface area contributed by atoms with Gasteiger partial charge in [-0.15, -0.1) is 11.6 Å². The van der Waals surface area contributed by atoms with Gasteiger partial charge in [-0.25, -0.2) is 0 Å². The zero-order valence-electron chi connectivity index (χ0n) is 12.0. The molecule has 0 N–H and O–H groups in total. The fraction of sp³-hybridized carbons (Fsp3) is 0.294. The normalized spacial score (nSPS) is 17.8. The Balaban J connectivity index is 1.85. The molecular formula is C17H17ClO3. The van der Waals surface area contributed by atoms with E-state index >= 15 is 0 Å². The lowest BCUT2D eigenvalue weighted by Gasteiger charge is -2.20. The summed E-state index contributed by atoms with van der Waals surface area (Å²) in [6.45, 7) is 0. The van der Waals surface area contributed by atoms with Gasteiger partial charge in [0, 0.05) is 18.1 Å². The number of alkyl halides is 1. The van der Waals surface area contributed by atoms with Gasteiger partial charge in [0.15, 0.2) is 0 Å². The van der Waals surface area contributed by atoms with Crippen molar-refractivity contribution < 1.29 is 14.2 Å². The summed E-state index contributed by atoms with van der Waals surface area (Å²) < 4.78 is 16.6. The quantitative estimate of drug-likeness (QED) is 0.799. The van der Waals surface area contributed by atoms with Crippen molar-refractivity contribution in [1.82, 2.24) is 0 Å². The molecule has 2 aromatic carbocycles. The first-order valence-corrected chi connectivity index (χ1v) is 7.27. The van der Waals surface area contributed by atoms with Gasteiger partial charge in [-0.05, 0) is 17.7 Å². The second-order valence-corrected chi connectivity index (χ2v) is 5.45. The Labute approximate surface area is 129 Å². The van der Waals surface area contributed by atoms with Crippen LogP contribution in [0.3, 0.4) is 0 Å². The zero-order valence-corrected chi connectivity index (χ0v) is 12.8. The van der Waals surface area contributed by atoms with Gasteiger partial charge in [0.1, 0.15) is 23.4 Å². The molecule has 0 amide bonds. The molecule has 110 valence electrons. The highest BCUT2D eigenvalue weighted by atomic mass is 35.5. The number of halogens is 1. The summed E-state index contributed by atoms with van der Waals surface area (Å²) in [5, 5.41) is -0.279. The fourth-order valence-electron chi connectivity index (χ4n) is 2.62. The molecule has 0 saturated heterocycles. The van der Waals surface area contributed by atoms with Crippen LogP contribution in [0.15, 0.2) is 42.5 Å². The Morgan fingerprint density at radius 1 is 1.14 bits per heavy atom. The SMILES string of the molecule is COc1ccc(C(Cl)C2Cc3ccccc3O2)c(OC)c1. The van der Waals surface area contributed by atoms with Crippen LogP contribution in [0.5, 0.6) is 17.2 Å². The minimum Gasteiger partial charge on any atom is -0.497 e. The van der Waals surface area contributed by atoms with E-state index in [9.17, 15) is 0 Å². The summed E-state index contributed by atoms with van der Waals surface area (Å²) in [5.74, 6) is 2.38. The molecule has 3 nitrogen and oxygen atoms in total. The molecule has 1 heterocycles. The van der Waals surface area contributed by atoms with E-state index in [4.69, 9.17) is 25.8 Å². The second kappa shape index (κ2) is 5.86. The summed E-state index contributed by atoms with van der Waals surface area (Å²) in [6.07, 6.45) is 0.714. The maximum absolute atomic E-state index is 6.64. The van der Waals surface area contributed by atoms with Gasteiger partial charge >= 0.3 is 0 Å². The van der Waals surface area contributed by atoms with E-state index in [2.05, 4.69) is 6.07 Å². The third kappa shape index (κ3) is 2.66. The molecule has 2 atom stereocenters. The molecule has 0 aromatic heterocycles. The number of benzene rings is 2. The number of fused-ring (bicyclic) bond motifs is 1. The third-order valence-electron chi connectivity index (χ3n) is 3.74. The largest absolute Gasteiger partial charge is 0.497 e. The monoisotopic (exact) mass is 304 g/mol. The van der Waals surface area contributed by atoms with Crippen LogP contribution in [0.2, 0.25) is 0 Å². The molecule has 1 aliphatic rings. The molecule has 0 bridgehead atoms. The van der Waals surface area contributed by atoms with Crippen molar-refractivity contribution in [2.24, 2.45) is 0 Å². The van der Waals surface area contributed by atoms with Crippen LogP contribution in [0.25, 0.3) is 0 Å². The van der Waals surface area contributed by atoms with Crippen LogP contribution in [0.4, 0.5) is 0 Å². The Kier molecular flexibility index (Phi) is 3.93. The third-order valence-corrected chi connectivity index (χ3v) is 4.25. The molecule has 3 rings (SSSR count). The molecule has 21 heavy (non-hydrogen) atoms. The Morgan fingerprint density at radius 3 is 2.67 bits per heavy atom. The lowest BCUT2D eigenvalue weighted by Crippen LogP contribution is -2.20. The van der Waals surface area contributed by atoms with E-state index in [0.717, 1.165) is 23.5 Å². The number of ether oxygens (including phenoxy) is 3. The van der Waals surface area contributed by atoms with E-state index in [1.165, 1.54) is 5.56 Å². The highest BCUT2D eigenvalue weighted by molar-refractivity contribution is 6.21. The summed E-state index contributed by atoms with van der Waals surface area (Å²) in [7, 11) is 3.26. The van der Waals surface area contributed by atoms with Crippen LogP contribution >= 0.6 is 11.6 Å². The summed E-state index contributed by atoms with van der Waals surface area (Å²) in [5.41, 5.74) is 2.11. The van der Waals surface area contributed by atoms with E-state index in [0.29, 0.717) is 5.75 Å². The van der Waals surface area contributed by atoms with Crippen molar-refractivity contribution in [3.05, 3.63) is 53.6 Å². The standard InChI is InChI=1S/C17H17ClO3/c1-19-12-7-8-13(15(10-12)20-2)17(18)16-9-11-5-3-4-6-14(11)21-16/h3-8,10,16-17H,9H2,1-2H3. The Morgan fingerprint density at radius 2 is 1.95 bits per heavy atom. The van der Waals surface area contributed by atoms with Gasteiger partial charge in [-0.1, -0.05) is 24.3 Å².